The van der Waals surface area contributed by atoms with Crippen LogP contribution in [0.5, 0.6) is 5.75 Å². The summed E-state index contributed by atoms with van der Waals surface area (Å²) in [5, 5.41) is 6.19. The van der Waals surface area contributed by atoms with Crippen LogP contribution in [0.4, 0.5) is 0 Å². The van der Waals surface area contributed by atoms with Gasteiger partial charge >= 0.3 is 0 Å². The molecule has 1 aromatic carbocycles. The molecule has 4 rings (SSSR count). The molecule has 3 aromatic rings. The van der Waals surface area contributed by atoms with Crippen molar-refractivity contribution in [1.29, 1.82) is 0 Å². The summed E-state index contributed by atoms with van der Waals surface area (Å²) in [4.78, 5) is 36.1. The number of amides is 2. The average molecular weight is 516 g/mol. The quantitative estimate of drug-likeness (QED) is 0.427. The van der Waals surface area contributed by atoms with Gasteiger partial charge in [0.05, 0.1) is 16.4 Å². The summed E-state index contributed by atoms with van der Waals surface area (Å²) in [6.45, 7) is 6.16. The lowest BCUT2D eigenvalue weighted by Crippen LogP contribution is -2.51. The van der Waals surface area contributed by atoms with Crippen molar-refractivity contribution >= 4 is 34.8 Å². The van der Waals surface area contributed by atoms with E-state index in [-0.39, 0.29) is 17.7 Å². The molecule has 8 nitrogen and oxygen atoms in total. The number of para-hydroxylation sites is 1. The fourth-order valence-corrected chi connectivity index (χ4v) is 5.25. The molecule has 0 aliphatic carbocycles. The Hall–Kier alpha value is -2.91. The molecule has 0 saturated carbocycles. The predicted octanol–water partition coefficient (Wildman–Crippen LogP) is 4.38. The van der Waals surface area contributed by atoms with Crippen molar-refractivity contribution < 1.29 is 14.3 Å². The minimum atomic E-state index is -1.03. The Balaban J connectivity index is 1.25. The summed E-state index contributed by atoms with van der Waals surface area (Å²) in [5.41, 5.74) is -0.567. The first-order chi connectivity index (χ1) is 16.8. The smallest absolute Gasteiger partial charge is 0.270 e. The number of nitrogens with zero attached hydrogens (tertiary/aromatic N) is 4. The molecule has 1 aliphatic rings. The van der Waals surface area contributed by atoms with Crippen LogP contribution in [0.3, 0.4) is 0 Å². The molecule has 186 valence electrons. The molecule has 3 heterocycles. The molecule has 2 amide bonds. The van der Waals surface area contributed by atoms with Crippen LogP contribution in [0.25, 0.3) is 0 Å². The molecule has 0 bridgehead atoms. The summed E-state index contributed by atoms with van der Waals surface area (Å²) in [6.07, 6.45) is 7.83. The standard InChI is InChI=1S/C25H30ClN5O3S/c1-25(2,34-21-7-4-3-6-19(21)26)24(33)31-13-8-18(9-14-31)23-29-20(16-35-23)22(32)28-10-5-12-30-15-11-27-17-30/h3-4,6-7,11,15-18H,5,8-10,12-14H2,1-2H3,(H,28,32). The Morgan fingerprint density at radius 2 is 2.03 bits per heavy atom. The zero-order chi connectivity index (χ0) is 24.8. The number of carbonyl (C=O) groups excluding carboxylic acids is 2. The number of nitrogens with one attached hydrogen (secondary N) is 1. The fourth-order valence-electron chi connectivity index (χ4n) is 4.11. The van der Waals surface area contributed by atoms with Gasteiger partial charge in [-0.15, -0.1) is 11.3 Å². The number of imidazole rings is 1. The summed E-state index contributed by atoms with van der Waals surface area (Å²) in [7, 11) is 0. The molecule has 0 unspecified atom stereocenters. The third kappa shape index (κ3) is 6.41. The number of benzene rings is 1. The molecule has 0 radical (unpaired) electrons. The first-order valence-electron chi connectivity index (χ1n) is 11.8. The molecule has 0 atom stereocenters. The number of rotatable bonds is 9. The van der Waals surface area contributed by atoms with E-state index in [1.807, 2.05) is 33.2 Å². The van der Waals surface area contributed by atoms with Gasteiger partial charge in [-0.25, -0.2) is 9.97 Å². The number of piperidine rings is 1. The van der Waals surface area contributed by atoms with E-state index in [0.29, 0.717) is 36.1 Å². The van der Waals surface area contributed by atoms with Crippen molar-refractivity contribution in [2.45, 2.75) is 51.2 Å². The van der Waals surface area contributed by atoms with Gasteiger partial charge in [-0.1, -0.05) is 23.7 Å². The maximum atomic E-state index is 13.2. The Morgan fingerprint density at radius 3 is 2.74 bits per heavy atom. The lowest BCUT2D eigenvalue weighted by Gasteiger charge is -2.36. The predicted molar refractivity (Wildman–Crippen MR) is 136 cm³/mol. The highest BCUT2D eigenvalue weighted by molar-refractivity contribution is 7.09. The van der Waals surface area contributed by atoms with Crippen LogP contribution in [-0.2, 0) is 11.3 Å². The van der Waals surface area contributed by atoms with Crippen molar-refractivity contribution in [3.05, 3.63) is 64.1 Å². The number of hydrogen-bond acceptors (Lipinski definition) is 6. The largest absolute Gasteiger partial charge is 0.476 e. The molecule has 2 aromatic heterocycles. The number of hydrogen-bond donors (Lipinski definition) is 1. The van der Waals surface area contributed by atoms with E-state index in [1.54, 1.807) is 38.5 Å². The maximum Gasteiger partial charge on any atom is 0.270 e. The van der Waals surface area contributed by atoms with Gasteiger partial charge in [-0.3, -0.25) is 9.59 Å². The van der Waals surface area contributed by atoms with Crippen LogP contribution in [0.15, 0.2) is 48.4 Å². The molecule has 1 N–H and O–H groups in total. The minimum Gasteiger partial charge on any atom is -0.476 e. The topological polar surface area (TPSA) is 89.4 Å². The van der Waals surface area contributed by atoms with Crippen LogP contribution >= 0.6 is 22.9 Å². The number of halogens is 1. The summed E-state index contributed by atoms with van der Waals surface area (Å²) in [5.74, 6) is 0.521. The maximum absolute atomic E-state index is 13.2. The van der Waals surface area contributed by atoms with E-state index >= 15 is 0 Å². The van der Waals surface area contributed by atoms with Gasteiger partial charge in [0.2, 0.25) is 0 Å². The lowest BCUT2D eigenvalue weighted by molar-refractivity contribution is -0.146. The third-order valence-corrected chi connectivity index (χ3v) is 7.36. The molecule has 35 heavy (non-hydrogen) atoms. The Labute approximate surface area is 214 Å². The monoisotopic (exact) mass is 515 g/mol. The van der Waals surface area contributed by atoms with Crippen molar-refractivity contribution in [3.8, 4) is 5.75 Å². The fraction of sp³-hybridized carbons (Fsp3) is 0.440. The molecule has 1 aliphatic heterocycles. The van der Waals surface area contributed by atoms with E-state index in [9.17, 15) is 9.59 Å². The van der Waals surface area contributed by atoms with Crippen LogP contribution in [0.1, 0.15) is 54.5 Å². The van der Waals surface area contributed by atoms with Crippen molar-refractivity contribution in [1.82, 2.24) is 24.8 Å². The molecular formula is C25H30ClN5O3S. The van der Waals surface area contributed by atoms with Crippen LogP contribution in [-0.4, -0.2) is 56.5 Å². The molecule has 0 spiro atoms. The van der Waals surface area contributed by atoms with Crippen molar-refractivity contribution in [3.63, 3.8) is 0 Å². The summed E-state index contributed by atoms with van der Waals surface area (Å²) in [6, 6.07) is 7.16. The SMILES string of the molecule is CC(C)(Oc1ccccc1Cl)C(=O)N1CCC(c2nc(C(=O)NCCCn3ccnc3)cs2)CC1. The Kier molecular flexibility index (Phi) is 8.07. The Morgan fingerprint density at radius 1 is 1.26 bits per heavy atom. The highest BCUT2D eigenvalue weighted by Gasteiger charge is 2.37. The highest BCUT2D eigenvalue weighted by atomic mass is 35.5. The van der Waals surface area contributed by atoms with Crippen molar-refractivity contribution in [2.75, 3.05) is 19.6 Å². The minimum absolute atomic E-state index is 0.0641. The average Bonchev–Trinajstić information content (AvgIpc) is 3.55. The molecular weight excluding hydrogens is 486 g/mol. The molecule has 1 saturated heterocycles. The second-order valence-corrected chi connectivity index (χ2v) is 10.4. The zero-order valence-corrected chi connectivity index (χ0v) is 21.5. The summed E-state index contributed by atoms with van der Waals surface area (Å²) >= 11 is 7.71. The van der Waals surface area contributed by atoms with Crippen molar-refractivity contribution in [2.24, 2.45) is 0 Å². The van der Waals surface area contributed by atoms with Crippen LogP contribution in [0, 0.1) is 0 Å². The van der Waals surface area contributed by atoms with Crippen LogP contribution < -0.4 is 10.1 Å². The number of thiazole rings is 1. The Bertz CT molecular complexity index is 1140. The number of carbonyl (C=O) groups is 2. The second kappa shape index (κ2) is 11.2. The van der Waals surface area contributed by atoms with Gasteiger partial charge in [-0.2, -0.15) is 0 Å². The molecule has 10 heteroatoms. The van der Waals surface area contributed by atoms with E-state index in [2.05, 4.69) is 15.3 Å². The molecule has 1 fully saturated rings. The highest BCUT2D eigenvalue weighted by Crippen LogP contribution is 2.33. The number of likely N-dealkylation sites (tertiary alicyclic amines) is 1. The number of aromatic nitrogens is 3. The third-order valence-electron chi connectivity index (χ3n) is 6.04. The van der Waals surface area contributed by atoms with E-state index in [1.165, 1.54) is 11.3 Å². The second-order valence-electron chi connectivity index (χ2n) is 9.09. The number of ether oxygens (including phenoxy) is 1. The van der Waals surface area contributed by atoms with E-state index in [0.717, 1.165) is 30.8 Å². The normalized spacial score (nSPS) is 14.7. The van der Waals surface area contributed by atoms with Crippen LogP contribution in [0.2, 0.25) is 5.02 Å². The first-order valence-corrected chi connectivity index (χ1v) is 13.0. The van der Waals surface area contributed by atoms with Gasteiger partial charge in [0, 0.05) is 49.9 Å². The zero-order valence-electron chi connectivity index (χ0n) is 19.9. The van der Waals surface area contributed by atoms with Gasteiger partial charge in [0.25, 0.3) is 11.8 Å². The summed E-state index contributed by atoms with van der Waals surface area (Å²) < 4.78 is 7.95. The van der Waals surface area contributed by atoms with Gasteiger partial charge in [0.1, 0.15) is 11.4 Å². The lowest BCUT2D eigenvalue weighted by atomic mass is 9.96. The van der Waals surface area contributed by atoms with E-state index < -0.39 is 5.60 Å². The van der Waals surface area contributed by atoms with Gasteiger partial charge in [-0.05, 0) is 45.2 Å². The number of aryl methyl sites for hydroxylation is 1. The van der Waals surface area contributed by atoms with Gasteiger partial charge in [0.15, 0.2) is 5.60 Å². The van der Waals surface area contributed by atoms with E-state index in [4.69, 9.17) is 16.3 Å². The first kappa shape index (κ1) is 25.2. The van der Waals surface area contributed by atoms with Gasteiger partial charge < -0.3 is 19.5 Å².